The Morgan fingerprint density at radius 1 is 1.11 bits per heavy atom. The molecule has 1 fully saturated rings. The fraction of sp³-hybridized carbons (Fsp3) is 0.533. The largest absolute Gasteiger partial charge is 0.384 e. The highest BCUT2D eigenvalue weighted by Gasteiger charge is 2.08. The number of nitrogens with zero attached hydrogens (tertiary/aromatic N) is 1. The van der Waals surface area contributed by atoms with Crippen molar-refractivity contribution in [2.45, 2.75) is 26.2 Å². The van der Waals surface area contributed by atoms with Gasteiger partial charge < -0.3 is 15.5 Å². The first-order valence-corrected chi connectivity index (χ1v) is 7.08. The number of rotatable bonds is 5. The van der Waals surface area contributed by atoms with Crippen molar-refractivity contribution in [2.24, 2.45) is 0 Å². The Hall–Kier alpha value is -1.55. The van der Waals surface area contributed by atoms with E-state index in [1.54, 1.807) is 0 Å². The summed E-state index contributed by atoms with van der Waals surface area (Å²) in [6.07, 6.45) is 4.06. The van der Waals surface area contributed by atoms with Crippen molar-refractivity contribution in [3.05, 3.63) is 24.3 Å². The monoisotopic (exact) mass is 261 g/mol. The lowest BCUT2D eigenvalue weighted by Crippen LogP contribution is -2.33. The van der Waals surface area contributed by atoms with Crippen LogP contribution in [-0.4, -0.2) is 37.0 Å². The highest BCUT2D eigenvalue weighted by atomic mass is 16.1. The Labute approximate surface area is 115 Å². The number of carbonyl (C=O) groups excluding carboxylic acids is 1. The molecule has 0 atom stereocenters. The molecule has 0 spiro atoms. The van der Waals surface area contributed by atoms with Crippen LogP contribution in [0.2, 0.25) is 0 Å². The minimum Gasteiger partial charge on any atom is -0.384 e. The predicted molar refractivity (Wildman–Crippen MR) is 79.5 cm³/mol. The van der Waals surface area contributed by atoms with Gasteiger partial charge in [0.25, 0.3) is 0 Å². The van der Waals surface area contributed by atoms with Gasteiger partial charge in [-0.05, 0) is 50.2 Å². The van der Waals surface area contributed by atoms with Crippen molar-refractivity contribution in [3.8, 4) is 0 Å². The average Bonchev–Trinajstić information content (AvgIpc) is 2.41. The highest BCUT2D eigenvalue weighted by Crippen LogP contribution is 2.13. The summed E-state index contributed by atoms with van der Waals surface area (Å²) in [6, 6.07) is 7.85. The van der Waals surface area contributed by atoms with Gasteiger partial charge in [0.05, 0.1) is 0 Å². The second kappa shape index (κ2) is 7.14. The van der Waals surface area contributed by atoms with E-state index in [-0.39, 0.29) is 5.91 Å². The standard InChI is InChI=1S/C15H23N3O/c1-13(19)17-15-7-5-14(6-8-15)16-9-12-18-10-3-2-4-11-18/h5-8,16H,2-4,9-12H2,1H3,(H,17,19). The Balaban J connectivity index is 1.71. The maximum atomic E-state index is 10.9. The molecule has 0 radical (unpaired) electrons. The van der Waals surface area contributed by atoms with Gasteiger partial charge >= 0.3 is 0 Å². The Bertz CT molecular complexity index is 396. The van der Waals surface area contributed by atoms with Gasteiger partial charge in [0, 0.05) is 31.4 Å². The van der Waals surface area contributed by atoms with Crippen molar-refractivity contribution in [3.63, 3.8) is 0 Å². The Morgan fingerprint density at radius 3 is 2.37 bits per heavy atom. The van der Waals surface area contributed by atoms with Gasteiger partial charge in [0.2, 0.25) is 5.91 Å². The molecular weight excluding hydrogens is 238 g/mol. The van der Waals surface area contributed by atoms with E-state index in [4.69, 9.17) is 0 Å². The first-order chi connectivity index (χ1) is 9.24. The fourth-order valence-corrected chi connectivity index (χ4v) is 2.42. The molecule has 1 aromatic rings. The molecule has 104 valence electrons. The van der Waals surface area contributed by atoms with E-state index in [2.05, 4.69) is 15.5 Å². The molecule has 1 aliphatic heterocycles. The van der Waals surface area contributed by atoms with Gasteiger partial charge in [0.1, 0.15) is 0 Å². The van der Waals surface area contributed by atoms with Crippen LogP contribution in [0, 0.1) is 0 Å². The van der Waals surface area contributed by atoms with Crippen molar-refractivity contribution >= 4 is 17.3 Å². The first kappa shape index (κ1) is 13.9. The van der Waals surface area contributed by atoms with Crippen molar-refractivity contribution in [1.82, 2.24) is 4.90 Å². The molecule has 2 N–H and O–H groups in total. The van der Waals surface area contributed by atoms with E-state index in [0.29, 0.717) is 0 Å². The first-order valence-electron chi connectivity index (χ1n) is 7.08. The van der Waals surface area contributed by atoms with Gasteiger partial charge in [-0.1, -0.05) is 6.42 Å². The van der Waals surface area contributed by atoms with Crippen LogP contribution in [0.1, 0.15) is 26.2 Å². The maximum absolute atomic E-state index is 10.9. The number of hydrogen-bond donors (Lipinski definition) is 2. The molecule has 1 amide bonds. The molecule has 0 aromatic heterocycles. The second-order valence-corrected chi connectivity index (χ2v) is 5.09. The van der Waals surface area contributed by atoms with Crippen LogP contribution in [0.3, 0.4) is 0 Å². The van der Waals surface area contributed by atoms with E-state index >= 15 is 0 Å². The molecule has 1 aliphatic rings. The molecule has 0 bridgehead atoms. The summed E-state index contributed by atoms with van der Waals surface area (Å²) in [5.41, 5.74) is 1.94. The van der Waals surface area contributed by atoms with E-state index in [9.17, 15) is 4.79 Å². The van der Waals surface area contributed by atoms with Crippen LogP contribution < -0.4 is 10.6 Å². The Morgan fingerprint density at radius 2 is 1.74 bits per heavy atom. The van der Waals surface area contributed by atoms with Gasteiger partial charge in [-0.15, -0.1) is 0 Å². The summed E-state index contributed by atoms with van der Waals surface area (Å²) >= 11 is 0. The second-order valence-electron chi connectivity index (χ2n) is 5.09. The van der Waals surface area contributed by atoms with Crippen LogP contribution >= 0.6 is 0 Å². The third-order valence-electron chi connectivity index (χ3n) is 3.41. The summed E-state index contributed by atoms with van der Waals surface area (Å²) in [6.45, 7) is 6.07. The summed E-state index contributed by atoms with van der Waals surface area (Å²) in [4.78, 5) is 13.4. The van der Waals surface area contributed by atoms with E-state index in [1.807, 2.05) is 24.3 Å². The van der Waals surface area contributed by atoms with Gasteiger partial charge in [-0.3, -0.25) is 4.79 Å². The van der Waals surface area contributed by atoms with Gasteiger partial charge in [0.15, 0.2) is 0 Å². The van der Waals surface area contributed by atoms with E-state index in [0.717, 1.165) is 24.5 Å². The molecule has 1 aromatic carbocycles. The van der Waals surface area contributed by atoms with Crippen molar-refractivity contribution in [2.75, 3.05) is 36.8 Å². The minimum absolute atomic E-state index is 0.0363. The molecule has 0 unspecified atom stereocenters. The zero-order chi connectivity index (χ0) is 13.5. The SMILES string of the molecule is CC(=O)Nc1ccc(NCCN2CCCCC2)cc1. The molecule has 2 rings (SSSR count). The molecule has 0 saturated carbocycles. The molecule has 1 heterocycles. The van der Waals surface area contributed by atoms with Crippen LogP contribution in [0.5, 0.6) is 0 Å². The fourth-order valence-electron chi connectivity index (χ4n) is 2.42. The smallest absolute Gasteiger partial charge is 0.221 e. The average molecular weight is 261 g/mol. The third-order valence-corrected chi connectivity index (χ3v) is 3.41. The predicted octanol–water partition coefficient (Wildman–Crippen LogP) is 2.54. The molecule has 19 heavy (non-hydrogen) atoms. The molecule has 4 heteroatoms. The lowest BCUT2D eigenvalue weighted by Gasteiger charge is -2.26. The number of nitrogens with one attached hydrogen (secondary N) is 2. The quantitative estimate of drug-likeness (QED) is 0.856. The summed E-state index contributed by atoms with van der Waals surface area (Å²) in [7, 11) is 0. The number of amides is 1. The topological polar surface area (TPSA) is 44.4 Å². The third kappa shape index (κ3) is 4.91. The molecular formula is C15H23N3O. The zero-order valence-electron chi connectivity index (χ0n) is 11.6. The van der Waals surface area contributed by atoms with Crippen molar-refractivity contribution in [1.29, 1.82) is 0 Å². The maximum Gasteiger partial charge on any atom is 0.221 e. The lowest BCUT2D eigenvalue weighted by atomic mass is 10.1. The van der Waals surface area contributed by atoms with Crippen LogP contribution in [0.4, 0.5) is 11.4 Å². The molecule has 4 nitrogen and oxygen atoms in total. The summed E-state index contributed by atoms with van der Waals surface area (Å²) in [5, 5.41) is 6.18. The van der Waals surface area contributed by atoms with Gasteiger partial charge in [-0.2, -0.15) is 0 Å². The molecule has 1 saturated heterocycles. The van der Waals surface area contributed by atoms with Crippen LogP contribution in [0.25, 0.3) is 0 Å². The summed E-state index contributed by atoms with van der Waals surface area (Å²) in [5.74, 6) is -0.0363. The number of hydrogen-bond acceptors (Lipinski definition) is 3. The number of carbonyl (C=O) groups is 1. The van der Waals surface area contributed by atoms with E-state index < -0.39 is 0 Å². The Kier molecular flexibility index (Phi) is 5.21. The minimum atomic E-state index is -0.0363. The summed E-state index contributed by atoms with van der Waals surface area (Å²) < 4.78 is 0. The highest BCUT2D eigenvalue weighted by molar-refractivity contribution is 5.88. The zero-order valence-corrected chi connectivity index (χ0v) is 11.6. The lowest BCUT2D eigenvalue weighted by molar-refractivity contribution is -0.114. The number of benzene rings is 1. The van der Waals surface area contributed by atoms with Crippen LogP contribution in [-0.2, 0) is 4.79 Å². The number of anilines is 2. The number of likely N-dealkylation sites (tertiary alicyclic amines) is 1. The van der Waals surface area contributed by atoms with Crippen molar-refractivity contribution < 1.29 is 4.79 Å². The number of piperidine rings is 1. The van der Waals surface area contributed by atoms with Gasteiger partial charge in [-0.25, -0.2) is 0 Å². The van der Waals surface area contributed by atoms with E-state index in [1.165, 1.54) is 39.3 Å². The molecule has 0 aliphatic carbocycles. The van der Waals surface area contributed by atoms with Crippen LogP contribution in [0.15, 0.2) is 24.3 Å². The normalized spacial score (nSPS) is 16.1.